The van der Waals surface area contributed by atoms with Crippen LogP contribution in [0.3, 0.4) is 0 Å². The Bertz CT molecular complexity index is 600. The lowest BCUT2D eigenvalue weighted by molar-refractivity contribution is 0.441. The third kappa shape index (κ3) is 1.43. The zero-order valence-electron chi connectivity index (χ0n) is 9.98. The summed E-state index contributed by atoms with van der Waals surface area (Å²) in [7, 11) is 0. The van der Waals surface area contributed by atoms with Crippen molar-refractivity contribution in [1.82, 2.24) is 25.5 Å². The van der Waals surface area contributed by atoms with Crippen molar-refractivity contribution >= 4 is 22.8 Å². The van der Waals surface area contributed by atoms with Crippen molar-refractivity contribution < 1.29 is 0 Å². The predicted octanol–water partition coefficient (Wildman–Crippen LogP) is -0.123. The van der Waals surface area contributed by atoms with Crippen LogP contribution < -0.4 is 16.0 Å². The van der Waals surface area contributed by atoms with Crippen LogP contribution in [0, 0.1) is 0 Å². The molecule has 7 nitrogen and oxygen atoms in total. The topological polar surface area (TPSA) is 95.7 Å². The van der Waals surface area contributed by atoms with Gasteiger partial charge in [0.15, 0.2) is 5.65 Å². The van der Waals surface area contributed by atoms with Crippen molar-refractivity contribution in [3.8, 4) is 0 Å². The van der Waals surface area contributed by atoms with Crippen LogP contribution in [-0.4, -0.2) is 45.3 Å². The molecule has 4 N–H and O–H groups in total. The fraction of sp³-hybridized carbons (Fsp3) is 0.545. The van der Waals surface area contributed by atoms with Gasteiger partial charge in [-0.1, -0.05) is 0 Å². The zero-order valence-corrected chi connectivity index (χ0v) is 9.98. The van der Waals surface area contributed by atoms with Crippen molar-refractivity contribution in [3.05, 3.63) is 6.20 Å². The van der Waals surface area contributed by atoms with Crippen LogP contribution in [0.15, 0.2) is 6.20 Å². The molecule has 1 aliphatic heterocycles. The standard InChI is InChI=1S/C11H15N7/c12-10-15-8-7(5-14-17-8)9(16-10)18-4-3-13-11(6-18)1-2-11/h5,13H,1-4,6H2,(H3,12,14,15,16,17). The third-order valence-electron chi connectivity index (χ3n) is 3.84. The van der Waals surface area contributed by atoms with E-state index in [0.717, 1.165) is 30.8 Å². The van der Waals surface area contributed by atoms with Crippen molar-refractivity contribution in [3.63, 3.8) is 0 Å². The highest BCUT2D eigenvalue weighted by atomic mass is 15.3. The Balaban J connectivity index is 1.78. The molecule has 0 radical (unpaired) electrons. The quantitative estimate of drug-likeness (QED) is 0.648. The molecule has 0 atom stereocenters. The van der Waals surface area contributed by atoms with E-state index in [4.69, 9.17) is 5.73 Å². The van der Waals surface area contributed by atoms with Crippen LogP contribution in [0.5, 0.6) is 0 Å². The molecule has 2 aromatic heterocycles. The minimum atomic E-state index is 0.296. The first kappa shape index (κ1) is 10.1. The maximum absolute atomic E-state index is 5.76. The molecule has 18 heavy (non-hydrogen) atoms. The van der Waals surface area contributed by atoms with Gasteiger partial charge in [-0.3, -0.25) is 5.10 Å². The molecule has 1 spiro atoms. The molecule has 1 saturated carbocycles. The predicted molar refractivity (Wildman–Crippen MR) is 68.3 cm³/mol. The molecule has 1 aliphatic carbocycles. The van der Waals surface area contributed by atoms with E-state index in [0.29, 0.717) is 17.1 Å². The molecule has 3 heterocycles. The van der Waals surface area contributed by atoms with Crippen molar-refractivity contribution in [2.24, 2.45) is 0 Å². The van der Waals surface area contributed by atoms with Crippen LogP contribution in [0.4, 0.5) is 11.8 Å². The number of piperazine rings is 1. The molecular weight excluding hydrogens is 230 g/mol. The maximum atomic E-state index is 5.76. The van der Waals surface area contributed by atoms with Crippen LogP contribution in [0.25, 0.3) is 11.0 Å². The Morgan fingerprint density at radius 1 is 1.33 bits per heavy atom. The van der Waals surface area contributed by atoms with E-state index >= 15 is 0 Å². The first-order valence-electron chi connectivity index (χ1n) is 6.22. The second-order valence-corrected chi connectivity index (χ2v) is 5.17. The summed E-state index contributed by atoms with van der Waals surface area (Å²) >= 11 is 0. The number of hydrogen-bond acceptors (Lipinski definition) is 6. The summed E-state index contributed by atoms with van der Waals surface area (Å²) in [5.41, 5.74) is 6.78. The highest BCUT2D eigenvalue weighted by Gasteiger charge is 2.46. The average Bonchev–Trinajstić information content (AvgIpc) is 2.93. The number of fused-ring (bicyclic) bond motifs is 1. The molecule has 0 amide bonds. The Kier molecular flexibility index (Phi) is 1.86. The number of nitrogen functional groups attached to an aromatic ring is 1. The minimum absolute atomic E-state index is 0.296. The van der Waals surface area contributed by atoms with Crippen molar-refractivity contribution in [2.75, 3.05) is 30.3 Å². The first-order chi connectivity index (χ1) is 8.76. The van der Waals surface area contributed by atoms with Gasteiger partial charge >= 0.3 is 0 Å². The van der Waals surface area contributed by atoms with E-state index in [1.54, 1.807) is 6.20 Å². The number of rotatable bonds is 1. The first-order valence-corrected chi connectivity index (χ1v) is 6.22. The Morgan fingerprint density at radius 2 is 2.22 bits per heavy atom. The Morgan fingerprint density at radius 3 is 3.06 bits per heavy atom. The molecule has 0 aromatic carbocycles. The van der Waals surface area contributed by atoms with Crippen molar-refractivity contribution in [2.45, 2.75) is 18.4 Å². The number of anilines is 2. The Labute approximate surface area is 104 Å². The van der Waals surface area contributed by atoms with Crippen LogP contribution >= 0.6 is 0 Å². The van der Waals surface area contributed by atoms with Crippen LogP contribution in [-0.2, 0) is 0 Å². The highest BCUT2D eigenvalue weighted by Crippen LogP contribution is 2.39. The van der Waals surface area contributed by atoms with E-state index in [-0.39, 0.29) is 0 Å². The fourth-order valence-electron chi connectivity index (χ4n) is 2.70. The molecular formula is C11H15N7. The number of H-pyrrole nitrogens is 1. The number of aromatic nitrogens is 4. The highest BCUT2D eigenvalue weighted by molar-refractivity contribution is 5.87. The lowest BCUT2D eigenvalue weighted by Gasteiger charge is -2.35. The van der Waals surface area contributed by atoms with E-state index in [1.165, 1.54) is 12.8 Å². The van der Waals surface area contributed by atoms with Gasteiger partial charge in [0, 0.05) is 25.2 Å². The number of nitrogens with two attached hydrogens (primary N) is 1. The summed E-state index contributed by atoms with van der Waals surface area (Å²) in [5.74, 6) is 1.20. The monoisotopic (exact) mass is 245 g/mol. The number of nitrogens with one attached hydrogen (secondary N) is 2. The van der Waals surface area contributed by atoms with Gasteiger partial charge in [-0.2, -0.15) is 15.1 Å². The summed E-state index contributed by atoms with van der Waals surface area (Å²) in [6.07, 6.45) is 4.27. The smallest absolute Gasteiger partial charge is 0.224 e. The number of nitrogens with zero attached hydrogens (tertiary/aromatic N) is 4. The zero-order chi connectivity index (χ0) is 12.2. The lowest BCUT2D eigenvalue weighted by Crippen LogP contribution is -2.52. The maximum Gasteiger partial charge on any atom is 0.224 e. The number of hydrogen-bond donors (Lipinski definition) is 3. The minimum Gasteiger partial charge on any atom is -0.368 e. The summed E-state index contributed by atoms with van der Waals surface area (Å²) < 4.78 is 0. The van der Waals surface area contributed by atoms with E-state index in [9.17, 15) is 0 Å². The van der Waals surface area contributed by atoms with Crippen molar-refractivity contribution in [1.29, 1.82) is 0 Å². The Hall–Kier alpha value is -1.89. The van der Waals surface area contributed by atoms with Gasteiger partial charge in [0.2, 0.25) is 5.95 Å². The van der Waals surface area contributed by atoms with Crippen LogP contribution in [0.2, 0.25) is 0 Å². The molecule has 4 rings (SSSR count). The second kappa shape index (κ2) is 3.32. The molecule has 94 valence electrons. The molecule has 2 aliphatic rings. The fourth-order valence-corrected chi connectivity index (χ4v) is 2.70. The van der Waals surface area contributed by atoms with Gasteiger partial charge in [-0.15, -0.1) is 0 Å². The van der Waals surface area contributed by atoms with Gasteiger partial charge in [0.1, 0.15) is 5.82 Å². The largest absolute Gasteiger partial charge is 0.368 e. The lowest BCUT2D eigenvalue weighted by atomic mass is 10.2. The molecule has 2 fully saturated rings. The normalized spacial score (nSPS) is 21.7. The molecule has 2 aromatic rings. The molecule has 7 heteroatoms. The molecule has 1 saturated heterocycles. The SMILES string of the molecule is Nc1nc(N2CCNC3(CC3)C2)c2cn[nH]c2n1. The third-order valence-corrected chi connectivity index (χ3v) is 3.84. The summed E-state index contributed by atoms with van der Waals surface area (Å²) in [4.78, 5) is 10.8. The summed E-state index contributed by atoms with van der Waals surface area (Å²) in [6.45, 7) is 2.92. The van der Waals surface area contributed by atoms with Gasteiger partial charge < -0.3 is 16.0 Å². The summed E-state index contributed by atoms with van der Waals surface area (Å²) in [5, 5.41) is 11.4. The molecule has 0 bridgehead atoms. The van der Waals surface area contributed by atoms with Gasteiger partial charge in [-0.05, 0) is 12.8 Å². The van der Waals surface area contributed by atoms with E-state index < -0.39 is 0 Å². The van der Waals surface area contributed by atoms with E-state index in [1.807, 2.05) is 0 Å². The van der Waals surface area contributed by atoms with Gasteiger partial charge in [-0.25, -0.2) is 0 Å². The van der Waals surface area contributed by atoms with Gasteiger partial charge in [0.05, 0.1) is 11.6 Å². The second-order valence-electron chi connectivity index (χ2n) is 5.17. The van der Waals surface area contributed by atoms with Gasteiger partial charge in [0.25, 0.3) is 0 Å². The average molecular weight is 245 g/mol. The molecule has 0 unspecified atom stereocenters. The number of aromatic amines is 1. The van der Waals surface area contributed by atoms with Crippen LogP contribution in [0.1, 0.15) is 12.8 Å². The van der Waals surface area contributed by atoms with E-state index in [2.05, 4.69) is 30.4 Å². The summed E-state index contributed by atoms with van der Waals surface area (Å²) in [6, 6.07) is 0.